The predicted octanol–water partition coefficient (Wildman–Crippen LogP) is 5.57. The van der Waals surface area contributed by atoms with Gasteiger partial charge in [-0.2, -0.15) is 0 Å². The Morgan fingerprint density at radius 3 is 2.65 bits per heavy atom. The summed E-state index contributed by atoms with van der Waals surface area (Å²) in [7, 11) is 0. The van der Waals surface area contributed by atoms with Crippen molar-refractivity contribution in [1.29, 1.82) is 0 Å². The Hall–Kier alpha value is -4.05. The predicted molar refractivity (Wildman–Crippen MR) is 122 cm³/mol. The summed E-state index contributed by atoms with van der Waals surface area (Å²) in [6, 6.07) is 19.7. The Kier molecular flexibility index (Phi) is 2.72. The van der Waals surface area contributed by atoms with Crippen molar-refractivity contribution in [3.8, 4) is 22.4 Å². The molecule has 0 saturated carbocycles. The van der Waals surface area contributed by atoms with E-state index in [1.807, 2.05) is 24.7 Å². The van der Waals surface area contributed by atoms with Gasteiger partial charge in [0.1, 0.15) is 5.65 Å². The molecule has 0 N–H and O–H groups in total. The number of fused-ring (bicyclic) bond motifs is 13. The van der Waals surface area contributed by atoms with E-state index in [2.05, 4.69) is 62.9 Å². The van der Waals surface area contributed by atoms with E-state index in [9.17, 15) is 0 Å². The van der Waals surface area contributed by atoms with Gasteiger partial charge >= 0.3 is 0 Å². The topological polar surface area (TPSA) is 43.1 Å². The zero-order valence-electron chi connectivity index (χ0n) is 16.6. The molecule has 0 amide bonds. The second-order valence-electron chi connectivity index (χ2n) is 8.54. The van der Waals surface area contributed by atoms with Crippen LogP contribution in [0.2, 0.25) is 0 Å². The second kappa shape index (κ2) is 5.35. The Morgan fingerprint density at radius 2 is 1.65 bits per heavy atom. The number of hydrogen-bond acceptors (Lipinski definition) is 3. The van der Waals surface area contributed by atoms with Gasteiger partial charge < -0.3 is 0 Å². The summed E-state index contributed by atoms with van der Waals surface area (Å²) in [6.07, 6.45) is 7.53. The van der Waals surface area contributed by atoms with Crippen LogP contribution in [0.5, 0.6) is 0 Å². The average Bonchev–Trinajstić information content (AvgIpc) is 3.47. The van der Waals surface area contributed by atoms with E-state index in [0.29, 0.717) is 0 Å². The van der Waals surface area contributed by atoms with Crippen LogP contribution in [0.15, 0.2) is 73.2 Å². The highest BCUT2D eigenvalue weighted by atomic mass is 15.0. The van der Waals surface area contributed by atoms with Gasteiger partial charge in [0, 0.05) is 35.2 Å². The highest BCUT2D eigenvalue weighted by molar-refractivity contribution is 6.10. The van der Waals surface area contributed by atoms with Gasteiger partial charge in [-0.1, -0.05) is 24.3 Å². The molecule has 0 spiro atoms. The molecule has 4 nitrogen and oxygen atoms in total. The molecule has 0 saturated heterocycles. The summed E-state index contributed by atoms with van der Waals surface area (Å²) in [4.78, 5) is 14.3. The Morgan fingerprint density at radius 1 is 0.742 bits per heavy atom. The van der Waals surface area contributed by atoms with Gasteiger partial charge in [-0.25, -0.2) is 4.98 Å². The van der Waals surface area contributed by atoms with Gasteiger partial charge in [0.05, 0.1) is 28.6 Å². The lowest BCUT2D eigenvalue weighted by Crippen LogP contribution is -1.97. The maximum Gasteiger partial charge on any atom is 0.147 e. The van der Waals surface area contributed by atoms with E-state index in [0.717, 1.165) is 46.0 Å². The number of pyridine rings is 3. The molecule has 2 aromatic carbocycles. The minimum Gasteiger partial charge on any atom is -0.293 e. The number of nitrogens with zero attached hydrogens (tertiary/aromatic N) is 4. The Balaban J connectivity index is 1.46. The minimum absolute atomic E-state index is 0.886. The quantitative estimate of drug-likeness (QED) is 0.315. The summed E-state index contributed by atoms with van der Waals surface area (Å²) in [5.74, 6) is 0. The fraction of sp³-hybridized carbons (Fsp3) is 0.0741. The number of benzene rings is 2. The molecule has 0 atom stereocenters. The van der Waals surface area contributed by atoms with E-state index < -0.39 is 0 Å². The summed E-state index contributed by atoms with van der Waals surface area (Å²) in [5, 5.41) is 2.20. The van der Waals surface area contributed by atoms with Gasteiger partial charge in [-0.05, 0) is 64.6 Å². The van der Waals surface area contributed by atoms with Crippen molar-refractivity contribution < 1.29 is 0 Å². The monoisotopic (exact) mass is 396 g/mol. The molecule has 2 aliphatic carbocycles. The maximum atomic E-state index is 5.18. The van der Waals surface area contributed by atoms with Crippen LogP contribution in [0, 0.1) is 0 Å². The first-order valence-corrected chi connectivity index (χ1v) is 10.6. The van der Waals surface area contributed by atoms with Crippen molar-refractivity contribution in [2.75, 3.05) is 0 Å². The van der Waals surface area contributed by atoms with Crippen LogP contribution >= 0.6 is 0 Å². The molecule has 4 heterocycles. The van der Waals surface area contributed by atoms with E-state index in [4.69, 9.17) is 4.98 Å². The largest absolute Gasteiger partial charge is 0.293 e. The normalized spacial score (nSPS) is 13.5. The van der Waals surface area contributed by atoms with E-state index in [1.54, 1.807) is 0 Å². The molecule has 31 heavy (non-hydrogen) atoms. The third-order valence-electron chi connectivity index (χ3n) is 6.95. The number of hydrogen-bond donors (Lipinski definition) is 0. The lowest BCUT2D eigenvalue weighted by atomic mass is 9.99. The molecule has 144 valence electrons. The number of imidazole rings is 1. The first-order valence-electron chi connectivity index (χ1n) is 10.6. The third-order valence-corrected chi connectivity index (χ3v) is 6.95. The molecule has 0 aliphatic heterocycles. The van der Waals surface area contributed by atoms with Crippen LogP contribution in [-0.4, -0.2) is 19.4 Å². The molecule has 4 heteroatoms. The molecule has 2 aliphatic rings. The average molecular weight is 396 g/mol. The van der Waals surface area contributed by atoms with Crippen LogP contribution in [-0.2, 0) is 12.8 Å². The van der Waals surface area contributed by atoms with Crippen LogP contribution < -0.4 is 0 Å². The zero-order valence-corrected chi connectivity index (χ0v) is 16.6. The van der Waals surface area contributed by atoms with Crippen molar-refractivity contribution in [1.82, 2.24) is 19.4 Å². The summed E-state index contributed by atoms with van der Waals surface area (Å²) < 4.78 is 2.31. The first-order chi connectivity index (χ1) is 15.4. The second-order valence-corrected chi connectivity index (χ2v) is 8.54. The maximum absolute atomic E-state index is 5.18. The standard InChI is InChI=1S/C27H16N4/c1-2-5-18-15(4-1)10-16-12-22-17(11-21(16)18)13-23-26(22)30-27-20-6-3-8-29-25(20)19-7-9-28-14-24(19)31(23)27/h1-9,11-12,14H,10,13H2. The minimum atomic E-state index is 0.886. The lowest BCUT2D eigenvalue weighted by Gasteiger charge is -2.09. The molecule has 8 rings (SSSR count). The van der Waals surface area contributed by atoms with Gasteiger partial charge in [-0.3, -0.25) is 14.4 Å². The van der Waals surface area contributed by atoms with Crippen LogP contribution in [0.25, 0.3) is 49.8 Å². The molecular formula is C27H16N4. The van der Waals surface area contributed by atoms with Crippen molar-refractivity contribution in [3.63, 3.8) is 0 Å². The Bertz CT molecular complexity index is 1740. The Labute approximate surface area is 177 Å². The SMILES string of the molecule is c1ccc2c(c1)Cc1cc3c(cc1-2)Cc1c-3nc2c3cccnc3c3ccncc3n12. The number of rotatable bonds is 0. The van der Waals surface area contributed by atoms with Crippen LogP contribution in [0.3, 0.4) is 0 Å². The molecule has 0 fully saturated rings. The summed E-state index contributed by atoms with van der Waals surface area (Å²) >= 11 is 0. The van der Waals surface area contributed by atoms with Crippen molar-refractivity contribution in [2.45, 2.75) is 12.8 Å². The molecule has 0 bridgehead atoms. The van der Waals surface area contributed by atoms with E-state index >= 15 is 0 Å². The molecule has 0 unspecified atom stereocenters. The van der Waals surface area contributed by atoms with Gasteiger partial charge in [0.2, 0.25) is 0 Å². The fourth-order valence-electron chi connectivity index (χ4n) is 5.61. The van der Waals surface area contributed by atoms with Gasteiger partial charge in [0.15, 0.2) is 0 Å². The summed E-state index contributed by atoms with van der Waals surface area (Å²) in [5.41, 5.74) is 13.6. The van der Waals surface area contributed by atoms with Crippen molar-refractivity contribution in [2.24, 2.45) is 0 Å². The van der Waals surface area contributed by atoms with Gasteiger partial charge in [0.25, 0.3) is 0 Å². The molecule has 6 aromatic rings. The van der Waals surface area contributed by atoms with Crippen molar-refractivity contribution >= 4 is 27.5 Å². The van der Waals surface area contributed by atoms with Crippen LogP contribution in [0.4, 0.5) is 0 Å². The summed E-state index contributed by atoms with van der Waals surface area (Å²) in [6.45, 7) is 0. The first kappa shape index (κ1) is 15.7. The smallest absolute Gasteiger partial charge is 0.147 e. The van der Waals surface area contributed by atoms with E-state index in [-0.39, 0.29) is 0 Å². The highest BCUT2D eigenvalue weighted by Gasteiger charge is 2.29. The molecule has 4 aromatic heterocycles. The third kappa shape index (κ3) is 1.88. The lowest BCUT2D eigenvalue weighted by molar-refractivity contribution is 1.09. The molecule has 0 radical (unpaired) electrons. The van der Waals surface area contributed by atoms with Crippen molar-refractivity contribution in [3.05, 3.63) is 95.6 Å². The highest BCUT2D eigenvalue weighted by Crippen LogP contribution is 2.45. The van der Waals surface area contributed by atoms with E-state index in [1.165, 1.54) is 39.1 Å². The van der Waals surface area contributed by atoms with Gasteiger partial charge in [-0.15, -0.1) is 0 Å². The zero-order chi connectivity index (χ0) is 20.1. The molecular weight excluding hydrogens is 380 g/mol. The number of aromatic nitrogens is 4. The fourth-order valence-corrected chi connectivity index (χ4v) is 5.61. The van der Waals surface area contributed by atoms with Crippen LogP contribution in [0.1, 0.15) is 22.4 Å².